The average molecular weight is 285 g/mol. The minimum absolute atomic E-state index is 0.0802. The first kappa shape index (κ1) is 17.0. The Morgan fingerprint density at radius 2 is 1.80 bits per heavy atom. The van der Waals surface area contributed by atoms with Crippen molar-refractivity contribution in [3.63, 3.8) is 0 Å². The molecule has 0 atom stereocenters. The number of ether oxygens (including phenoxy) is 1. The Labute approximate surface area is 121 Å². The lowest BCUT2D eigenvalue weighted by Crippen LogP contribution is -2.46. The van der Waals surface area contributed by atoms with Crippen LogP contribution in [0.1, 0.15) is 52.4 Å². The van der Waals surface area contributed by atoms with Gasteiger partial charge in [-0.05, 0) is 25.7 Å². The quantitative estimate of drug-likeness (QED) is 0.695. The molecule has 1 amide bonds. The molecule has 116 valence electrons. The largest absolute Gasteiger partial charge is 0.481 e. The molecule has 0 aromatic heterocycles. The van der Waals surface area contributed by atoms with Gasteiger partial charge in [-0.1, -0.05) is 20.3 Å². The van der Waals surface area contributed by atoms with Crippen molar-refractivity contribution in [2.45, 2.75) is 52.4 Å². The monoisotopic (exact) mass is 285 g/mol. The Balaban J connectivity index is 2.40. The first-order valence-corrected chi connectivity index (χ1v) is 7.64. The fourth-order valence-electron chi connectivity index (χ4n) is 2.80. The van der Waals surface area contributed by atoms with Crippen LogP contribution < -0.4 is 0 Å². The maximum Gasteiger partial charge on any atom is 0.309 e. The number of carbonyl (C=O) groups is 2. The smallest absolute Gasteiger partial charge is 0.309 e. The van der Waals surface area contributed by atoms with Gasteiger partial charge < -0.3 is 14.7 Å². The average Bonchev–Trinajstić information content (AvgIpc) is 2.44. The molecule has 20 heavy (non-hydrogen) atoms. The predicted octanol–water partition coefficient (Wildman–Crippen LogP) is 2.30. The number of carbonyl (C=O) groups excluding carboxylic acids is 1. The highest BCUT2D eigenvalue weighted by Gasteiger charge is 2.41. The minimum Gasteiger partial charge on any atom is -0.481 e. The molecule has 0 unspecified atom stereocenters. The third-order valence-electron chi connectivity index (χ3n) is 4.06. The molecule has 0 saturated carbocycles. The van der Waals surface area contributed by atoms with Gasteiger partial charge in [0.2, 0.25) is 5.91 Å². The zero-order chi connectivity index (χ0) is 15.0. The topological polar surface area (TPSA) is 66.8 Å². The highest BCUT2D eigenvalue weighted by Crippen LogP contribution is 2.36. The number of likely N-dealkylation sites (tertiary alicyclic amines) is 1. The van der Waals surface area contributed by atoms with Crippen LogP contribution in [-0.4, -0.2) is 48.2 Å². The summed E-state index contributed by atoms with van der Waals surface area (Å²) in [6.07, 6.45) is 4.05. The SMILES string of the molecule is CCCOCCC(=O)N1CCC(CCC)(C(=O)O)CC1. The molecule has 0 radical (unpaired) electrons. The van der Waals surface area contributed by atoms with Gasteiger partial charge in [0, 0.05) is 19.7 Å². The Bertz CT molecular complexity index is 322. The van der Waals surface area contributed by atoms with Crippen LogP contribution in [0.15, 0.2) is 0 Å². The van der Waals surface area contributed by atoms with Gasteiger partial charge in [-0.2, -0.15) is 0 Å². The van der Waals surface area contributed by atoms with Crippen LogP contribution in [-0.2, 0) is 14.3 Å². The number of hydrogen-bond acceptors (Lipinski definition) is 3. The molecular weight excluding hydrogens is 258 g/mol. The molecule has 0 aromatic rings. The van der Waals surface area contributed by atoms with E-state index in [9.17, 15) is 14.7 Å². The van der Waals surface area contributed by atoms with Crippen LogP contribution in [0.2, 0.25) is 0 Å². The molecule has 5 nitrogen and oxygen atoms in total. The van der Waals surface area contributed by atoms with Crippen LogP contribution in [0, 0.1) is 5.41 Å². The van der Waals surface area contributed by atoms with Gasteiger partial charge in [0.25, 0.3) is 0 Å². The summed E-state index contributed by atoms with van der Waals surface area (Å²) >= 11 is 0. The van der Waals surface area contributed by atoms with Crippen molar-refractivity contribution >= 4 is 11.9 Å². The van der Waals surface area contributed by atoms with Gasteiger partial charge in [-0.25, -0.2) is 0 Å². The van der Waals surface area contributed by atoms with Crippen molar-refractivity contribution in [2.24, 2.45) is 5.41 Å². The third-order valence-corrected chi connectivity index (χ3v) is 4.06. The van der Waals surface area contributed by atoms with Gasteiger partial charge in [0.05, 0.1) is 18.4 Å². The molecule has 1 fully saturated rings. The van der Waals surface area contributed by atoms with Crippen molar-refractivity contribution in [2.75, 3.05) is 26.3 Å². The van der Waals surface area contributed by atoms with E-state index in [0.29, 0.717) is 52.0 Å². The summed E-state index contributed by atoms with van der Waals surface area (Å²) in [5, 5.41) is 9.42. The number of piperidine rings is 1. The summed E-state index contributed by atoms with van der Waals surface area (Å²) in [6, 6.07) is 0. The molecule has 1 aliphatic rings. The molecule has 0 aliphatic carbocycles. The van der Waals surface area contributed by atoms with Crippen molar-refractivity contribution in [1.29, 1.82) is 0 Å². The van der Waals surface area contributed by atoms with Crippen LogP contribution in [0.3, 0.4) is 0 Å². The second-order valence-electron chi connectivity index (χ2n) is 5.58. The summed E-state index contributed by atoms with van der Waals surface area (Å²) < 4.78 is 5.32. The third kappa shape index (κ3) is 4.47. The number of nitrogens with zero attached hydrogens (tertiary/aromatic N) is 1. The summed E-state index contributed by atoms with van der Waals surface area (Å²) in [6.45, 7) is 6.30. The number of amides is 1. The molecule has 1 aliphatic heterocycles. The second kappa shape index (κ2) is 8.25. The van der Waals surface area contributed by atoms with E-state index in [0.717, 1.165) is 12.8 Å². The number of carboxylic acid groups (broad SMARTS) is 1. The summed E-state index contributed by atoms with van der Waals surface area (Å²) in [5.74, 6) is -0.630. The van der Waals surface area contributed by atoms with Crippen molar-refractivity contribution in [3.8, 4) is 0 Å². The fourth-order valence-corrected chi connectivity index (χ4v) is 2.80. The highest BCUT2D eigenvalue weighted by atomic mass is 16.5. The molecule has 1 rings (SSSR count). The van der Waals surface area contributed by atoms with E-state index in [1.807, 2.05) is 13.8 Å². The summed E-state index contributed by atoms with van der Waals surface area (Å²) in [4.78, 5) is 25.2. The summed E-state index contributed by atoms with van der Waals surface area (Å²) in [5.41, 5.74) is -0.621. The van der Waals surface area contributed by atoms with Crippen LogP contribution in [0.25, 0.3) is 0 Å². The molecule has 1 heterocycles. The molecule has 0 aromatic carbocycles. The Hall–Kier alpha value is -1.10. The van der Waals surface area contributed by atoms with E-state index in [1.165, 1.54) is 0 Å². The fraction of sp³-hybridized carbons (Fsp3) is 0.867. The van der Waals surface area contributed by atoms with Crippen molar-refractivity contribution in [3.05, 3.63) is 0 Å². The van der Waals surface area contributed by atoms with E-state index in [1.54, 1.807) is 4.90 Å². The maximum atomic E-state index is 12.0. The second-order valence-corrected chi connectivity index (χ2v) is 5.58. The van der Waals surface area contributed by atoms with E-state index < -0.39 is 11.4 Å². The zero-order valence-corrected chi connectivity index (χ0v) is 12.7. The first-order chi connectivity index (χ1) is 9.55. The molecule has 0 bridgehead atoms. The first-order valence-electron chi connectivity index (χ1n) is 7.64. The predicted molar refractivity (Wildman–Crippen MR) is 76.5 cm³/mol. The lowest BCUT2D eigenvalue weighted by atomic mass is 9.75. The lowest BCUT2D eigenvalue weighted by Gasteiger charge is -2.38. The Morgan fingerprint density at radius 3 is 2.30 bits per heavy atom. The molecule has 1 saturated heterocycles. The van der Waals surface area contributed by atoms with Gasteiger partial charge in [-0.3, -0.25) is 9.59 Å². The lowest BCUT2D eigenvalue weighted by molar-refractivity contribution is -0.155. The normalized spacial score (nSPS) is 18.0. The molecular formula is C15H27NO4. The number of hydrogen-bond donors (Lipinski definition) is 1. The maximum absolute atomic E-state index is 12.0. The van der Waals surface area contributed by atoms with E-state index >= 15 is 0 Å². The number of rotatable bonds is 8. The van der Waals surface area contributed by atoms with Gasteiger partial charge >= 0.3 is 5.97 Å². The van der Waals surface area contributed by atoms with Crippen LogP contribution >= 0.6 is 0 Å². The van der Waals surface area contributed by atoms with E-state index in [2.05, 4.69) is 0 Å². The molecule has 1 N–H and O–H groups in total. The van der Waals surface area contributed by atoms with Gasteiger partial charge in [0.15, 0.2) is 0 Å². The standard InChI is InChI=1S/C15H27NO4/c1-3-6-15(14(18)19)7-9-16(10-8-15)13(17)5-12-20-11-4-2/h3-12H2,1-2H3,(H,18,19). The van der Waals surface area contributed by atoms with Crippen LogP contribution in [0.4, 0.5) is 0 Å². The van der Waals surface area contributed by atoms with Crippen molar-refractivity contribution in [1.82, 2.24) is 4.90 Å². The minimum atomic E-state index is -0.710. The van der Waals surface area contributed by atoms with Gasteiger partial charge in [-0.15, -0.1) is 0 Å². The zero-order valence-electron chi connectivity index (χ0n) is 12.7. The molecule has 0 spiro atoms. The summed E-state index contributed by atoms with van der Waals surface area (Å²) in [7, 11) is 0. The van der Waals surface area contributed by atoms with Crippen molar-refractivity contribution < 1.29 is 19.4 Å². The number of aliphatic carboxylic acids is 1. The van der Waals surface area contributed by atoms with E-state index in [4.69, 9.17) is 4.74 Å². The van der Waals surface area contributed by atoms with E-state index in [-0.39, 0.29) is 5.91 Å². The number of carboxylic acids is 1. The molecule has 5 heteroatoms. The van der Waals surface area contributed by atoms with Gasteiger partial charge in [0.1, 0.15) is 0 Å². The Morgan fingerprint density at radius 1 is 1.15 bits per heavy atom. The van der Waals surface area contributed by atoms with Crippen LogP contribution in [0.5, 0.6) is 0 Å². The highest BCUT2D eigenvalue weighted by molar-refractivity contribution is 5.78. The Kier molecular flexibility index (Phi) is 6.99.